The van der Waals surface area contributed by atoms with Crippen LogP contribution >= 0.6 is 0 Å². The number of carbonyl (C=O) groups is 1. The molecule has 0 saturated heterocycles. The van der Waals surface area contributed by atoms with Gasteiger partial charge in [0.15, 0.2) is 0 Å². The third-order valence-corrected chi connectivity index (χ3v) is 2.71. The Labute approximate surface area is 87.4 Å². The maximum absolute atomic E-state index is 11.2. The molecule has 3 nitrogen and oxygen atoms in total. The highest BCUT2D eigenvalue weighted by Crippen LogP contribution is 2.37. The Kier molecular flexibility index (Phi) is 4.59. The van der Waals surface area contributed by atoms with Crippen molar-refractivity contribution >= 4 is 5.91 Å². The Morgan fingerprint density at radius 1 is 1.21 bits per heavy atom. The van der Waals surface area contributed by atoms with Crippen LogP contribution in [-0.2, 0) is 4.79 Å². The van der Waals surface area contributed by atoms with Gasteiger partial charge in [-0.2, -0.15) is 0 Å². The van der Waals surface area contributed by atoms with Crippen molar-refractivity contribution in [3.05, 3.63) is 0 Å². The summed E-state index contributed by atoms with van der Waals surface area (Å²) in [6.45, 7) is 10.9. The maximum Gasteiger partial charge on any atom is 0.234 e. The van der Waals surface area contributed by atoms with Gasteiger partial charge >= 0.3 is 0 Å². The number of carbonyl (C=O) groups excluding carboxylic acids is 1. The highest BCUT2D eigenvalue weighted by atomic mass is 16.2. The Balaban J connectivity index is 4.26. The molecule has 0 aromatic rings. The van der Waals surface area contributed by atoms with Crippen molar-refractivity contribution < 1.29 is 4.79 Å². The largest absolute Gasteiger partial charge is 0.294 e. The molecule has 0 unspecified atom stereocenters. The molecule has 0 atom stereocenters. The van der Waals surface area contributed by atoms with Crippen LogP contribution in [0.25, 0.3) is 0 Å². The van der Waals surface area contributed by atoms with E-state index in [0.717, 1.165) is 12.8 Å². The lowest BCUT2D eigenvalue weighted by Crippen LogP contribution is -2.35. The average Bonchev–Trinajstić information content (AvgIpc) is 2.01. The first-order chi connectivity index (χ1) is 6.22. The zero-order valence-electron chi connectivity index (χ0n) is 10.1. The molecule has 0 aliphatic heterocycles. The zero-order chi connectivity index (χ0) is 11.4. The summed E-state index contributed by atoms with van der Waals surface area (Å²) in [5.74, 6) is 4.99. The second-order valence-corrected chi connectivity index (χ2v) is 5.60. The van der Waals surface area contributed by atoms with E-state index in [1.165, 1.54) is 0 Å². The van der Waals surface area contributed by atoms with Gasteiger partial charge in [-0.25, -0.2) is 5.84 Å². The van der Waals surface area contributed by atoms with Crippen molar-refractivity contribution in [3.63, 3.8) is 0 Å². The summed E-state index contributed by atoms with van der Waals surface area (Å²) in [6.07, 6.45) is 2.65. The monoisotopic (exact) mass is 200 g/mol. The molecule has 1 amide bonds. The van der Waals surface area contributed by atoms with Crippen LogP contribution in [0.4, 0.5) is 0 Å². The number of hydrazine groups is 1. The number of amides is 1. The van der Waals surface area contributed by atoms with Gasteiger partial charge in [0.25, 0.3) is 0 Å². The Bertz CT molecular complexity index is 197. The molecule has 0 aliphatic rings. The SMILES string of the molecule is CCC(C)(C)CC(C)(C)CC(=O)NN. The van der Waals surface area contributed by atoms with Crippen LogP contribution in [0.15, 0.2) is 0 Å². The zero-order valence-corrected chi connectivity index (χ0v) is 10.1. The number of nitrogens with two attached hydrogens (primary N) is 1. The van der Waals surface area contributed by atoms with E-state index in [-0.39, 0.29) is 11.3 Å². The number of rotatable bonds is 5. The van der Waals surface area contributed by atoms with Gasteiger partial charge in [-0.05, 0) is 17.3 Å². The molecular formula is C11H24N2O. The van der Waals surface area contributed by atoms with E-state index in [1.54, 1.807) is 0 Å². The lowest BCUT2D eigenvalue weighted by atomic mass is 9.72. The molecule has 0 spiro atoms. The minimum Gasteiger partial charge on any atom is -0.294 e. The van der Waals surface area contributed by atoms with Gasteiger partial charge in [0.2, 0.25) is 5.91 Å². The predicted molar refractivity (Wildman–Crippen MR) is 59.4 cm³/mol. The van der Waals surface area contributed by atoms with Crippen molar-refractivity contribution in [1.29, 1.82) is 0 Å². The van der Waals surface area contributed by atoms with E-state index in [1.807, 2.05) is 0 Å². The molecule has 84 valence electrons. The van der Waals surface area contributed by atoms with Crippen molar-refractivity contribution in [2.75, 3.05) is 0 Å². The van der Waals surface area contributed by atoms with Crippen LogP contribution in [0.3, 0.4) is 0 Å². The molecule has 0 aromatic carbocycles. The molecule has 0 radical (unpaired) electrons. The van der Waals surface area contributed by atoms with Crippen LogP contribution in [0.1, 0.15) is 53.9 Å². The highest BCUT2D eigenvalue weighted by molar-refractivity contribution is 5.75. The third kappa shape index (κ3) is 5.22. The molecule has 0 aromatic heterocycles. The summed E-state index contributed by atoms with van der Waals surface area (Å²) in [5.41, 5.74) is 2.49. The maximum atomic E-state index is 11.2. The van der Waals surface area contributed by atoms with Crippen LogP contribution in [-0.4, -0.2) is 5.91 Å². The smallest absolute Gasteiger partial charge is 0.234 e. The minimum absolute atomic E-state index is 0.0168. The van der Waals surface area contributed by atoms with Crippen LogP contribution in [0.2, 0.25) is 0 Å². The van der Waals surface area contributed by atoms with Crippen molar-refractivity contribution in [2.24, 2.45) is 16.7 Å². The topological polar surface area (TPSA) is 55.1 Å². The second kappa shape index (κ2) is 4.78. The summed E-state index contributed by atoms with van der Waals surface area (Å²) in [6, 6.07) is 0. The Morgan fingerprint density at radius 2 is 1.71 bits per heavy atom. The van der Waals surface area contributed by atoms with Crippen molar-refractivity contribution in [1.82, 2.24) is 5.43 Å². The van der Waals surface area contributed by atoms with E-state index >= 15 is 0 Å². The van der Waals surface area contributed by atoms with Gasteiger partial charge in [-0.1, -0.05) is 41.0 Å². The molecule has 0 heterocycles. The van der Waals surface area contributed by atoms with Gasteiger partial charge in [0.1, 0.15) is 0 Å². The summed E-state index contributed by atoms with van der Waals surface area (Å²) in [7, 11) is 0. The summed E-state index contributed by atoms with van der Waals surface area (Å²) in [5, 5.41) is 0. The van der Waals surface area contributed by atoms with Gasteiger partial charge in [-0.15, -0.1) is 0 Å². The molecule has 3 N–H and O–H groups in total. The van der Waals surface area contributed by atoms with E-state index in [9.17, 15) is 4.79 Å². The molecule has 0 rings (SSSR count). The minimum atomic E-state index is -0.0816. The quantitative estimate of drug-likeness (QED) is 0.406. The number of nitrogens with one attached hydrogen (secondary N) is 1. The first-order valence-electron chi connectivity index (χ1n) is 5.22. The third-order valence-electron chi connectivity index (χ3n) is 2.71. The van der Waals surface area contributed by atoms with Crippen molar-refractivity contribution in [2.45, 2.75) is 53.9 Å². The van der Waals surface area contributed by atoms with E-state index < -0.39 is 0 Å². The fourth-order valence-corrected chi connectivity index (χ4v) is 1.97. The lowest BCUT2D eigenvalue weighted by molar-refractivity contribution is -0.123. The van der Waals surface area contributed by atoms with Crippen LogP contribution < -0.4 is 11.3 Å². The van der Waals surface area contributed by atoms with E-state index in [0.29, 0.717) is 11.8 Å². The average molecular weight is 200 g/mol. The molecule has 0 aliphatic carbocycles. The summed E-state index contributed by atoms with van der Waals surface area (Å²) < 4.78 is 0. The lowest BCUT2D eigenvalue weighted by Gasteiger charge is -2.33. The molecule has 0 fully saturated rings. The number of hydrogen-bond acceptors (Lipinski definition) is 2. The summed E-state index contributed by atoms with van der Waals surface area (Å²) in [4.78, 5) is 11.2. The van der Waals surface area contributed by atoms with Crippen molar-refractivity contribution in [3.8, 4) is 0 Å². The molecular weight excluding hydrogens is 176 g/mol. The Morgan fingerprint density at radius 3 is 2.07 bits per heavy atom. The molecule has 14 heavy (non-hydrogen) atoms. The van der Waals surface area contributed by atoms with Gasteiger partial charge in [0.05, 0.1) is 0 Å². The van der Waals surface area contributed by atoms with E-state index in [2.05, 4.69) is 40.0 Å². The second-order valence-electron chi connectivity index (χ2n) is 5.60. The molecule has 0 bridgehead atoms. The summed E-state index contributed by atoms with van der Waals surface area (Å²) >= 11 is 0. The first kappa shape index (κ1) is 13.4. The van der Waals surface area contributed by atoms with Crippen LogP contribution in [0.5, 0.6) is 0 Å². The van der Waals surface area contributed by atoms with Gasteiger partial charge < -0.3 is 0 Å². The van der Waals surface area contributed by atoms with Gasteiger partial charge in [-0.3, -0.25) is 10.2 Å². The number of hydrogen-bond donors (Lipinski definition) is 2. The fourth-order valence-electron chi connectivity index (χ4n) is 1.97. The van der Waals surface area contributed by atoms with E-state index in [4.69, 9.17) is 5.84 Å². The highest BCUT2D eigenvalue weighted by Gasteiger charge is 2.29. The Hall–Kier alpha value is -0.570. The fraction of sp³-hybridized carbons (Fsp3) is 0.909. The molecule has 0 saturated carbocycles. The molecule has 3 heteroatoms. The van der Waals surface area contributed by atoms with Crippen LogP contribution in [0, 0.1) is 10.8 Å². The first-order valence-corrected chi connectivity index (χ1v) is 5.22. The normalized spacial score (nSPS) is 12.7. The standard InChI is InChI=1S/C11H24N2O/c1-6-10(2,3)8-11(4,5)7-9(14)13-12/h6-8,12H2,1-5H3,(H,13,14). The van der Waals surface area contributed by atoms with Gasteiger partial charge in [0, 0.05) is 6.42 Å². The predicted octanol–water partition coefficient (Wildman–Crippen LogP) is 2.22.